The lowest BCUT2D eigenvalue weighted by atomic mass is 10.3. The van der Waals surface area contributed by atoms with E-state index in [2.05, 4.69) is 26.0 Å². The van der Waals surface area contributed by atoms with Gasteiger partial charge in [0.05, 0.1) is 12.1 Å². The Hall–Kier alpha value is -1.88. The van der Waals surface area contributed by atoms with Gasteiger partial charge >= 0.3 is 0 Å². The van der Waals surface area contributed by atoms with E-state index in [1.165, 1.54) is 0 Å². The minimum absolute atomic E-state index is 0.576. The molecule has 0 saturated heterocycles. The molecule has 0 aliphatic rings. The number of aromatic nitrogens is 3. The Kier molecular flexibility index (Phi) is 3.46. The van der Waals surface area contributed by atoms with Gasteiger partial charge in [0.1, 0.15) is 16.2 Å². The summed E-state index contributed by atoms with van der Waals surface area (Å²) in [6, 6.07) is 13.6. The van der Waals surface area contributed by atoms with E-state index in [4.69, 9.17) is 4.74 Å². The summed E-state index contributed by atoms with van der Waals surface area (Å²) in [6.45, 7) is 0.576. The average molecular weight is 318 g/mol. The Labute approximate surface area is 119 Å². The van der Waals surface area contributed by atoms with Crippen molar-refractivity contribution in [3.05, 3.63) is 59.1 Å². The first-order valence-electron chi connectivity index (χ1n) is 6.00. The number of hydrogen-bond donors (Lipinski definition) is 0. The van der Waals surface area contributed by atoms with E-state index < -0.39 is 0 Å². The number of imidazole rings is 1. The molecule has 4 nitrogen and oxygen atoms in total. The van der Waals surface area contributed by atoms with Crippen LogP contribution in [0.3, 0.4) is 0 Å². The van der Waals surface area contributed by atoms with Gasteiger partial charge in [-0.1, -0.05) is 18.2 Å². The van der Waals surface area contributed by atoms with Gasteiger partial charge in [0, 0.05) is 12.6 Å². The lowest BCUT2D eigenvalue weighted by Gasteiger charge is -2.04. The number of hydrogen-bond acceptors (Lipinski definition) is 3. The van der Waals surface area contributed by atoms with Crippen LogP contribution in [0, 0.1) is 0 Å². The summed E-state index contributed by atoms with van der Waals surface area (Å²) in [5.74, 6) is 1.76. The molecule has 0 atom stereocenters. The third-order valence-electron chi connectivity index (χ3n) is 2.77. The molecule has 96 valence electrons. The highest BCUT2D eigenvalue weighted by Crippen LogP contribution is 2.18. The van der Waals surface area contributed by atoms with Gasteiger partial charge in [0.15, 0.2) is 0 Å². The van der Waals surface area contributed by atoms with Crippen LogP contribution in [0.15, 0.2) is 53.3 Å². The van der Waals surface area contributed by atoms with Crippen molar-refractivity contribution in [3.8, 4) is 5.75 Å². The van der Waals surface area contributed by atoms with E-state index in [1.807, 2.05) is 47.0 Å². The first kappa shape index (κ1) is 12.2. The summed E-state index contributed by atoms with van der Waals surface area (Å²) >= 11 is 3.44. The van der Waals surface area contributed by atoms with Crippen LogP contribution in [-0.2, 0) is 6.42 Å². The number of halogens is 1. The zero-order valence-electron chi connectivity index (χ0n) is 10.2. The molecule has 0 fully saturated rings. The van der Waals surface area contributed by atoms with Crippen LogP contribution >= 0.6 is 15.9 Å². The van der Waals surface area contributed by atoms with Gasteiger partial charge in [0.2, 0.25) is 0 Å². The van der Waals surface area contributed by atoms with E-state index in [-0.39, 0.29) is 0 Å². The molecule has 1 aromatic carbocycles. The lowest BCUT2D eigenvalue weighted by Crippen LogP contribution is -2.06. The van der Waals surface area contributed by atoms with Gasteiger partial charge in [-0.25, -0.2) is 9.50 Å². The Balaban J connectivity index is 1.72. The van der Waals surface area contributed by atoms with Crippen molar-refractivity contribution < 1.29 is 4.74 Å². The maximum Gasteiger partial charge on any atom is 0.135 e. The second-order valence-electron chi connectivity index (χ2n) is 4.05. The number of benzene rings is 1. The van der Waals surface area contributed by atoms with Crippen molar-refractivity contribution in [2.75, 3.05) is 6.61 Å². The maximum atomic E-state index is 5.67. The summed E-state index contributed by atoms with van der Waals surface area (Å²) in [6.07, 6.45) is 2.46. The largest absolute Gasteiger partial charge is 0.493 e. The van der Waals surface area contributed by atoms with Crippen LogP contribution in [0.2, 0.25) is 0 Å². The molecule has 19 heavy (non-hydrogen) atoms. The van der Waals surface area contributed by atoms with E-state index in [0.29, 0.717) is 13.0 Å². The molecule has 3 rings (SSSR count). The molecule has 0 spiro atoms. The molecule has 0 aliphatic carbocycles. The summed E-state index contributed by atoms with van der Waals surface area (Å²) in [4.78, 5) is 4.46. The van der Waals surface area contributed by atoms with Crippen LogP contribution < -0.4 is 4.74 Å². The van der Waals surface area contributed by atoms with Gasteiger partial charge in [-0.15, -0.1) is 0 Å². The van der Waals surface area contributed by atoms with Crippen molar-refractivity contribution in [3.63, 3.8) is 0 Å². The predicted octanol–water partition coefficient (Wildman–Crippen LogP) is 3.11. The SMILES string of the molecule is Brc1nc(CCOc2ccccc2)n2ncccc12. The molecule has 0 bridgehead atoms. The Morgan fingerprint density at radius 2 is 1.95 bits per heavy atom. The fourth-order valence-corrected chi connectivity index (χ4v) is 2.40. The van der Waals surface area contributed by atoms with Crippen molar-refractivity contribution in [1.82, 2.24) is 14.6 Å². The third kappa shape index (κ3) is 2.61. The van der Waals surface area contributed by atoms with Crippen molar-refractivity contribution in [2.24, 2.45) is 0 Å². The predicted molar refractivity (Wildman–Crippen MR) is 76.3 cm³/mol. The quantitative estimate of drug-likeness (QED) is 0.742. The van der Waals surface area contributed by atoms with Crippen LogP contribution in [-0.4, -0.2) is 21.2 Å². The second kappa shape index (κ2) is 5.40. The fourth-order valence-electron chi connectivity index (χ4n) is 1.89. The smallest absolute Gasteiger partial charge is 0.135 e. The van der Waals surface area contributed by atoms with Crippen molar-refractivity contribution in [2.45, 2.75) is 6.42 Å². The molecular weight excluding hydrogens is 306 g/mol. The Morgan fingerprint density at radius 3 is 2.79 bits per heavy atom. The molecule has 0 saturated carbocycles. The Morgan fingerprint density at radius 1 is 1.11 bits per heavy atom. The molecule has 0 radical (unpaired) electrons. The van der Waals surface area contributed by atoms with Crippen LogP contribution in [0.4, 0.5) is 0 Å². The van der Waals surface area contributed by atoms with Crippen molar-refractivity contribution >= 4 is 21.4 Å². The molecule has 2 aromatic heterocycles. The lowest BCUT2D eigenvalue weighted by molar-refractivity contribution is 0.318. The number of para-hydroxylation sites is 1. The van der Waals surface area contributed by atoms with E-state index in [1.54, 1.807) is 6.20 Å². The molecule has 0 N–H and O–H groups in total. The van der Waals surface area contributed by atoms with Crippen molar-refractivity contribution in [1.29, 1.82) is 0 Å². The normalized spacial score (nSPS) is 10.8. The summed E-state index contributed by atoms with van der Waals surface area (Å²) in [5.41, 5.74) is 0.970. The highest BCUT2D eigenvalue weighted by Gasteiger charge is 2.09. The molecule has 3 aromatic rings. The molecular formula is C14H12BrN3O. The maximum absolute atomic E-state index is 5.67. The average Bonchev–Trinajstić information content (AvgIpc) is 2.78. The summed E-state index contributed by atoms with van der Waals surface area (Å²) in [5, 5.41) is 4.30. The first-order chi connectivity index (χ1) is 9.34. The van der Waals surface area contributed by atoms with E-state index >= 15 is 0 Å². The number of rotatable bonds is 4. The van der Waals surface area contributed by atoms with Gasteiger partial charge in [-0.2, -0.15) is 5.10 Å². The van der Waals surface area contributed by atoms with Crippen LogP contribution in [0.1, 0.15) is 5.82 Å². The second-order valence-corrected chi connectivity index (χ2v) is 4.80. The zero-order valence-corrected chi connectivity index (χ0v) is 11.7. The topological polar surface area (TPSA) is 39.4 Å². The highest BCUT2D eigenvalue weighted by atomic mass is 79.9. The van der Waals surface area contributed by atoms with Crippen LogP contribution in [0.25, 0.3) is 5.52 Å². The third-order valence-corrected chi connectivity index (χ3v) is 3.35. The molecule has 0 amide bonds. The van der Waals surface area contributed by atoms with Gasteiger partial charge in [-0.05, 0) is 40.2 Å². The van der Waals surface area contributed by atoms with E-state index in [0.717, 1.165) is 21.7 Å². The minimum Gasteiger partial charge on any atom is -0.493 e. The molecule has 0 aliphatic heterocycles. The molecule has 5 heteroatoms. The fraction of sp³-hybridized carbons (Fsp3) is 0.143. The summed E-state index contributed by atoms with van der Waals surface area (Å²) in [7, 11) is 0. The summed E-state index contributed by atoms with van der Waals surface area (Å²) < 4.78 is 8.32. The highest BCUT2D eigenvalue weighted by molar-refractivity contribution is 9.10. The van der Waals surface area contributed by atoms with E-state index in [9.17, 15) is 0 Å². The van der Waals surface area contributed by atoms with Gasteiger partial charge in [0.25, 0.3) is 0 Å². The Bertz CT molecular complexity index is 681. The first-order valence-corrected chi connectivity index (χ1v) is 6.80. The van der Waals surface area contributed by atoms with Gasteiger partial charge in [-0.3, -0.25) is 0 Å². The standard InChI is InChI=1S/C14H12BrN3O/c15-14-12-7-4-9-16-18(12)13(17-14)8-10-19-11-5-2-1-3-6-11/h1-7,9H,8,10H2. The molecule has 0 unspecified atom stereocenters. The number of ether oxygens (including phenoxy) is 1. The molecule has 2 heterocycles. The zero-order chi connectivity index (χ0) is 13.1. The van der Waals surface area contributed by atoms with Gasteiger partial charge < -0.3 is 4.74 Å². The van der Waals surface area contributed by atoms with Crippen LogP contribution in [0.5, 0.6) is 5.75 Å². The minimum atomic E-state index is 0.576. The number of fused-ring (bicyclic) bond motifs is 1. The number of nitrogens with zero attached hydrogens (tertiary/aromatic N) is 3. The monoisotopic (exact) mass is 317 g/mol.